The van der Waals surface area contributed by atoms with Gasteiger partial charge >= 0.3 is 5.97 Å². The summed E-state index contributed by atoms with van der Waals surface area (Å²) < 4.78 is 6.83. The number of ether oxygens (including phenoxy) is 1. The lowest BCUT2D eigenvalue weighted by molar-refractivity contribution is -0.145. The lowest BCUT2D eigenvalue weighted by Crippen LogP contribution is -2.32. The molecule has 0 saturated carbocycles. The molecular formula is C15H23N3O2. The van der Waals surface area contributed by atoms with Gasteiger partial charge in [-0.15, -0.1) is 6.42 Å². The second-order valence-corrected chi connectivity index (χ2v) is 5.63. The summed E-state index contributed by atoms with van der Waals surface area (Å²) in [5, 5.41) is 7.50. The molecule has 0 saturated heterocycles. The van der Waals surface area contributed by atoms with Gasteiger partial charge in [-0.1, -0.05) is 26.7 Å². The van der Waals surface area contributed by atoms with Crippen molar-refractivity contribution in [2.75, 3.05) is 13.2 Å². The van der Waals surface area contributed by atoms with Crippen LogP contribution >= 0.6 is 0 Å². The SMILES string of the molecule is C#CCNC(C(=O)OCC)c1cn(C)nc1C(C)(C)C. The molecule has 5 heteroatoms. The average molecular weight is 277 g/mol. The molecule has 0 amide bonds. The van der Waals surface area contributed by atoms with E-state index in [1.54, 1.807) is 11.6 Å². The van der Waals surface area contributed by atoms with Gasteiger partial charge in [0.1, 0.15) is 6.04 Å². The van der Waals surface area contributed by atoms with Crippen LogP contribution in [0.1, 0.15) is 45.0 Å². The van der Waals surface area contributed by atoms with E-state index in [0.717, 1.165) is 11.3 Å². The average Bonchev–Trinajstić information content (AvgIpc) is 2.72. The zero-order valence-electron chi connectivity index (χ0n) is 12.9. The molecule has 0 fully saturated rings. The van der Waals surface area contributed by atoms with Crippen molar-refractivity contribution < 1.29 is 9.53 Å². The largest absolute Gasteiger partial charge is 0.465 e. The number of aromatic nitrogens is 2. The number of esters is 1. The summed E-state index contributed by atoms with van der Waals surface area (Å²) in [6.07, 6.45) is 7.11. The van der Waals surface area contributed by atoms with E-state index in [2.05, 4.69) is 37.1 Å². The van der Waals surface area contributed by atoms with Gasteiger partial charge in [-0.05, 0) is 6.92 Å². The Hall–Kier alpha value is -1.80. The molecule has 1 aromatic heterocycles. The minimum Gasteiger partial charge on any atom is -0.465 e. The van der Waals surface area contributed by atoms with E-state index in [1.807, 2.05) is 13.2 Å². The number of rotatable bonds is 5. The van der Waals surface area contributed by atoms with Gasteiger partial charge in [-0.25, -0.2) is 4.79 Å². The van der Waals surface area contributed by atoms with Gasteiger partial charge in [0, 0.05) is 24.2 Å². The van der Waals surface area contributed by atoms with Crippen LogP contribution in [0.3, 0.4) is 0 Å². The molecule has 1 atom stereocenters. The second kappa shape index (κ2) is 6.58. The monoisotopic (exact) mass is 277 g/mol. The van der Waals surface area contributed by atoms with Gasteiger partial charge in [0.15, 0.2) is 0 Å². The van der Waals surface area contributed by atoms with E-state index in [1.165, 1.54) is 0 Å². The van der Waals surface area contributed by atoms with Gasteiger partial charge in [-0.2, -0.15) is 5.10 Å². The van der Waals surface area contributed by atoms with Crippen molar-refractivity contribution in [2.45, 2.75) is 39.2 Å². The highest BCUT2D eigenvalue weighted by Crippen LogP contribution is 2.29. The summed E-state index contributed by atoms with van der Waals surface area (Å²) in [6.45, 7) is 8.58. The van der Waals surface area contributed by atoms with E-state index in [9.17, 15) is 4.79 Å². The summed E-state index contributed by atoms with van der Waals surface area (Å²) in [4.78, 5) is 12.1. The predicted octanol–water partition coefficient (Wildman–Crippen LogP) is 1.54. The van der Waals surface area contributed by atoms with E-state index >= 15 is 0 Å². The third-order valence-corrected chi connectivity index (χ3v) is 2.81. The number of carbonyl (C=O) groups is 1. The quantitative estimate of drug-likeness (QED) is 0.655. The maximum absolute atomic E-state index is 12.1. The fraction of sp³-hybridized carbons (Fsp3) is 0.600. The molecule has 1 aromatic rings. The third kappa shape index (κ3) is 3.84. The van der Waals surface area contributed by atoms with Gasteiger partial charge < -0.3 is 4.74 Å². The molecule has 1 N–H and O–H groups in total. The molecule has 0 aliphatic rings. The Morgan fingerprint density at radius 1 is 1.60 bits per heavy atom. The van der Waals surface area contributed by atoms with Crippen molar-refractivity contribution >= 4 is 5.97 Å². The van der Waals surface area contributed by atoms with Crippen molar-refractivity contribution in [3.05, 3.63) is 17.5 Å². The smallest absolute Gasteiger partial charge is 0.327 e. The Labute approximate surface area is 120 Å². The molecular weight excluding hydrogens is 254 g/mol. The Morgan fingerprint density at radius 3 is 2.75 bits per heavy atom. The molecule has 0 radical (unpaired) electrons. The fourth-order valence-electron chi connectivity index (χ4n) is 2.01. The molecule has 5 nitrogen and oxygen atoms in total. The highest BCUT2D eigenvalue weighted by molar-refractivity contribution is 5.78. The van der Waals surface area contributed by atoms with E-state index in [-0.39, 0.29) is 11.4 Å². The summed E-state index contributed by atoms with van der Waals surface area (Å²) in [5.74, 6) is 2.15. The summed E-state index contributed by atoms with van der Waals surface area (Å²) in [6, 6.07) is -0.589. The van der Waals surface area contributed by atoms with Crippen LogP contribution in [0.2, 0.25) is 0 Å². The first-order chi connectivity index (χ1) is 9.31. The highest BCUT2D eigenvalue weighted by Gasteiger charge is 2.31. The summed E-state index contributed by atoms with van der Waals surface area (Å²) in [5.41, 5.74) is 1.51. The number of hydrogen-bond donors (Lipinski definition) is 1. The van der Waals surface area contributed by atoms with Crippen molar-refractivity contribution in [1.82, 2.24) is 15.1 Å². The molecule has 0 spiro atoms. The maximum atomic E-state index is 12.1. The first-order valence-corrected chi connectivity index (χ1v) is 6.68. The van der Waals surface area contributed by atoms with Crippen LogP contribution in [-0.4, -0.2) is 28.9 Å². The van der Waals surface area contributed by atoms with Crippen molar-refractivity contribution in [1.29, 1.82) is 0 Å². The summed E-state index contributed by atoms with van der Waals surface area (Å²) in [7, 11) is 1.84. The molecule has 110 valence electrons. The van der Waals surface area contributed by atoms with Crippen molar-refractivity contribution in [3.8, 4) is 12.3 Å². The number of carbonyl (C=O) groups excluding carboxylic acids is 1. The maximum Gasteiger partial charge on any atom is 0.327 e. The van der Waals surface area contributed by atoms with Gasteiger partial charge in [0.05, 0.1) is 18.8 Å². The fourth-order valence-corrected chi connectivity index (χ4v) is 2.01. The topological polar surface area (TPSA) is 56.1 Å². The second-order valence-electron chi connectivity index (χ2n) is 5.63. The van der Waals surface area contributed by atoms with Gasteiger partial charge in [0.25, 0.3) is 0 Å². The molecule has 0 aromatic carbocycles. The van der Waals surface area contributed by atoms with E-state index in [4.69, 9.17) is 11.2 Å². The van der Waals surface area contributed by atoms with Gasteiger partial charge in [-0.3, -0.25) is 10.00 Å². The van der Waals surface area contributed by atoms with Crippen molar-refractivity contribution in [2.24, 2.45) is 7.05 Å². The van der Waals surface area contributed by atoms with E-state index in [0.29, 0.717) is 13.2 Å². The number of aryl methyl sites for hydroxylation is 1. The van der Waals surface area contributed by atoms with E-state index < -0.39 is 6.04 Å². The minimum atomic E-state index is -0.589. The third-order valence-electron chi connectivity index (χ3n) is 2.81. The van der Waals surface area contributed by atoms with Crippen LogP contribution in [0.4, 0.5) is 0 Å². The van der Waals surface area contributed by atoms with Crippen LogP contribution in [0, 0.1) is 12.3 Å². The molecule has 1 rings (SSSR count). The predicted molar refractivity (Wildman–Crippen MR) is 78.1 cm³/mol. The summed E-state index contributed by atoms with van der Waals surface area (Å²) >= 11 is 0. The Balaban J connectivity index is 3.20. The van der Waals surface area contributed by atoms with Crippen LogP contribution < -0.4 is 5.32 Å². The Bertz CT molecular complexity index is 506. The molecule has 0 aliphatic heterocycles. The number of terminal acetylenes is 1. The molecule has 0 bridgehead atoms. The zero-order valence-corrected chi connectivity index (χ0v) is 12.9. The number of hydrogen-bond acceptors (Lipinski definition) is 4. The lowest BCUT2D eigenvalue weighted by Gasteiger charge is -2.22. The Kier molecular flexibility index (Phi) is 5.34. The standard InChI is InChI=1S/C15H23N3O2/c1-7-9-16-12(14(19)20-8-2)11-10-18(6)17-13(11)15(3,4)5/h1,10,12,16H,8-9H2,2-6H3. The lowest BCUT2D eigenvalue weighted by atomic mass is 9.87. The minimum absolute atomic E-state index is 0.167. The first-order valence-electron chi connectivity index (χ1n) is 6.68. The van der Waals surface area contributed by atoms with Gasteiger partial charge in [0.2, 0.25) is 0 Å². The Morgan fingerprint density at radius 2 is 2.25 bits per heavy atom. The van der Waals surface area contributed by atoms with Crippen molar-refractivity contribution in [3.63, 3.8) is 0 Å². The zero-order chi connectivity index (χ0) is 15.3. The molecule has 0 aliphatic carbocycles. The first kappa shape index (κ1) is 16.3. The number of nitrogens with one attached hydrogen (secondary N) is 1. The molecule has 20 heavy (non-hydrogen) atoms. The van der Waals surface area contributed by atoms with Crippen LogP contribution in [0.25, 0.3) is 0 Å². The van der Waals surface area contributed by atoms with Crippen LogP contribution in [0.15, 0.2) is 6.20 Å². The molecule has 1 unspecified atom stereocenters. The normalized spacial score (nSPS) is 12.8. The molecule has 1 heterocycles. The van der Waals surface area contributed by atoms with Crippen LogP contribution in [0.5, 0.6) is 0 Å². The highest BCUT2D eigenvalue weighted by atomic mass is 16.5. The van der Waals surface area contributed by atoms with Crippen LogP contribution in [-0.2, 0) is 22.0 Å². The number of nitrogens with zero attached hydrogens (tertiary/aromatic N) is 2.